The number of hydrogen-bond acceptors (Lipinski definition) is 2. The number of aryl methyl sites for hydroxylation is 1. The van der Waals surface area contributed by atoms with Crippen LogP contribution in [0.1, 0.15) is 30.9 Å². The minimum Gasteiger partial charge on any atom is -0.371 e. The van der Waals surface area contributed by atoms with Crippen LogP contribution in [-0.4, -0.2) is 18.2 Å². The van der Waals surface area contributed by atoms with Crippen LogP contribution in [-0.2, 0) is 6.54 Å². The molecule has 1 fully saturated rings. The molecular formula is C21H27N3S. The summed E-state index contributed by atoms with van der Waals surface area (Å²) < 4.78 is 0. The van der Waals surface area contributed by atoms with Crippen LogP contribution in [0.5, 0.6) is 0 Å². The second-order valence-corrected chi connectivity index (χ2v) is 7.45. The second kappa shape index (κ2) is 8.34. The summed E-state index contributed by atoms with van der Waals surface area (Å²) in [6.07, 6.45) is 2.65. The first kappa shape index (κ1) is 17.7. The van der Waals surface area contributed by atoms with Crippen molar-refractivity contribution >= 4 is 28.7 Å². The van der Waals surface area contributed by atoms with E-state index in [9.17, 15) is 0 Å². The highest BCUT2D eigenvalue weighted by molar-refractivity contribution is 7.80. The van der Waals surface area contributed by atoms with Crippen molar-refractivity contribution in [2.24, 2.45) is 5.92 Å². The zero-order valence-electron chi connectivity index (χ0n) is 15.1. The zero-order chi connectivity index (χ0) is 17.6. The largest absolute Gasteiger partial charge is 0.371 e. The van der Waals surface area contributed by atoms with Crippen molar-refractivity contribution in [3.63, 3.8) is 0 Å². The third-order valence-electron chi connectivity index (χ3n) is 4.69. The SMILES string of the molecule is Cc1cccc(NC(=S)NCc2ccc(N3CCC[C@H](C)C3)cc2)c1. The molecule has 0 amide bonds. The molecule has 2 N–H and O–H groups in total. The first-order chi connectivity index (χ1) is 12.1. The molecule has 2 aromatic rings. The van der Waals surface area contributed by atoms with E-state index in [-0.39, 0.29) is 0 Å². The van der Waals surface area contributed by atoms with Gasteiger partial charge in [0.1, 0.15) is 0 Å². The summed E-state index contributed by atoms with van der Waals surface area (Å²) in [5.41, 5.74) is 4.81. The molecule has 1 saturated heterocycles. The zero-order valence-corrected chi connectivity index (χ0v) is 15.9. The summed E-state index contributed by atoms with van der Waals surface area (Å²) in [6.45, 7) is 7.49. The Balaban J connectivity index is 1.50. The van der Waals surface area contributed by atoms with Gasteiger partial charge in [0.05, 0.1) is 0 Å². The van der Waals surface area contributed by atoms with Gasteiger partial charge in [-0.1, -0.05) is 31.2 Å². The molecule has 0 spiro atoms. The number of benzene rings is 2. The lowest BCUT2D eigenvalue weighted by Gasteiger charge is -2.32. The first-order valence-corrected chi connectivity index (χ1v) is 9.46. The molecule has 1 aliphatic rings. The van der Waals surface area contributed by atoms with Crippen molar-refractivity contribution in [2.75, 3.05) is 23.3 Å². The lowest BCUT2D eigenvalue weighted by molar-refractivity contribution is 0.447. The van der Waals surface area contributed by atoms with Crippen LogP contribution < -0.4 is 15.5 Å². The molecule has 4 heteroatoms. The van der Waals surface area contributed by atoms with Gasteiger partial charge in [0.2, 0.25) is 0 Å². The number of rotatable bonds is 4. The van der Waals surface area contributed by atoms with Gasteiger partial charge in [0.15, 0.2) is 5.11 Å². The van der Waals surface area contributed by atoms with Crippen LogP contribution >= 0.6 is 12.2 Å². The summed E-state index contributed by atoms with van der Waals surface area (Å²) in [5.74, 6) is 0.792. The van der Waals surface area contributed by atoms with Gasteiger partial charge in [-0.25, -0.2) is 0 Å². The molecule has 2 aromatic carbocycles. The quantitative estimate of drug-likeness (QED) is 0.778. The number of piperidine rings is 1. The predicted octanol–water partition coefficient (Wildman–Crippen LogP) is 4.72. The van der Waals surface area contributed by atoms with Crippen LogP contribution in [0.2, 0.25) is 0 Å². The van der Waals surface area contributed by atoms with Crippen molar-refractivity contribution < 1.29 is 0 Å². The van der Waals surface area contributed by atoms with E-state index in [1.165, 1.54) is 42.7 Å². The standard InChI is InChI=1S/C21H27N3S/c1-16-5-3-7-19(13-16)23-21(25)22-14-18-8-10-20(11-9-18)24-12-4-6-17(2)15-24/h3,5,7-11,13,17H,4,6,12,14-15H2,1-2H3,(H2,22,23,25)/t17-/m0/s1. The Morgan fingerprint density at radius 3 is 2.72 bits per heavy atom. The van der Waals surface area contributed by atoms with E-state index >= 15 is 0 Å². The molecule has 3 rings (SSSR count). The summed E-state index contributed by atoms with van der Waals surface area (Å²) in [6, 6.07) is 17.1. The molecule has 0 aliphatic carbocycles. The number of hydrogen-bond donors (Lipinski definition) is 2. The van der Waals surface area contributed by atoms with Gasteiger partial charge in [-0.2, -0.15) is 0 Å². The normalized spacial score (nSPS) is 17.2. The molecule has 3 nitrogen and oxygen atoms in total. The maximum Gasteiger partial charge on any atom is 0.171 e. The summed E-state index contributed by atoms with van der Waals surface area (Å²) in [7, 11) is 0. The third-order valence-corrected chi connectivity index (χ3v) is 4.93. The molecular weight excluding hydrogens is 326 g/mol. The minimum absolute atomic E-state index is 0.652. The first-order valence-electron chi connectivity index (χ1n) is 9.05. The summed E-state index contributed by atoms with van der Waals surface area (Å²) in [4.78, 5) is 2.50. The molecule has 132 valence electrons. The lowest BCUT2D eigenvalue weighted by Crippen LogP contribution is -2.34. The average Bonchev–Trinajstić information content (AvgIpc) is 2.60. The second-order valence-electron chi connectivity index (χ2n) is 7.04. The van der Waals surface area contributed by atoms with E-state index in [0.717, 1.165) is 18.2 Å². The van der Waals surface area contributed by atoms with Crippen molar-refractivity contribution in [1.29, 1.82) is 0 Å². The Bertz CT molecular complexity index is 711. The van der Waals surface area contributed by atoms with Crippen LogP contribution in [0.3, 0.4) is 0 Å². The average molecular weight is 354 g/mol. The monoisotopic (exact) mass is 353 g/mol. The smallest absolute Gasteiger partial charge is 0.171 e. The fourth-order valence-electron chi connectivity index (χ4n) is 3.33. The van der Waals surface area contributed by atoms with Crippen molar-refractivity contribution in [3.05, 3.63) is 59.7 Å². The van der Waals surface area contributed by atoms with E-state index in [0.29, 0.717) is 5.11 Å². The van der Waals surface area contributed by atoms with Gasteiger partial charge in [-0.05, 0) is 73.3 Å². The Kier molecular flexibility index (Phi) is 5.92. The van der Waals surface area contributed by atoms with E-state index in [1.54, 1.807) is 0 Å². The molecule has 0 unspecified atom stereocenters. The van der Waals surface area contributed by atoms with Crippen molar-refractivity contribution in [3.8, 4) is 0 Å². The van der Waals surface area contributed by atoms with E-state index in [4.69, 9.17) is 12.2 Å². The Hall–Kier alpha value is -2.07. The predicted molar refractivity (Wildman–Crippen MR) is 111 cm³/mol. The van der Waals surface area contributed by atoms with E-state index < -0.39 is 0 Å². The maximum absolute atomic E-state index is 5.39. The molecule has 1 heterocycles. The number of nitrogens with zero attached hydrogens (tertiary/aromatic N) is 1. The van der Waals surface area contributed by atoms with Gasteiger partial charge in [0, 0.05) is 31.0 Å². The molecule has 1 aliphatic heterocycles. The number of thiocarbonyl (C=S) groups is 1. The molecule has 1 atom stereocenters. The maximum atomic E-state index is 5.39. The van der Waals surface area contributed by atoms with Crippen molar-refractivity contribution in [1.82, 2.24) is 5.32 Å². The van der Waals surface area contributed by atoms with E-state index in [2.05, 4.69) is 65.8 Å². The number of anilines is 2. The Morgan fingerprint density at radius 2 is 2.00 bits per heavy atom. The number of nitrogens with one attached hydrogen (secondary N) is 2. The minimum atomic E-state index is 0.652. The topological polar surface area (TPSA) is 27.3 Å². The molecule has 0 radical (unpaired) electrons. The Morgan fingerprint density at radius 1 is 1.20 bits per heavy atom. The lowest BCUT2D eigenvalue weighted by atomic mass is 9.99. The summed E-state index contributed by atoms with van der Waals surface area (Å²) in [5, 5.41) is 7.17. The molecule has 0 saturated carbocycles. The molecule has 25 heavy (non-hydrogen) atoms. The molecule has 0 aromatic heterocycles. The molecule has 0 bridgehead atoms. The van der Waals surface area contributed by atoms with Crippen LogP contribution in [0, 0.1) is 12.8 Å². The van der Waals surface area contributed by atoms with Gasteiger partial charge in [-0.3, -0.25) is 0 Å². The highest BCUT2D eigenvalue weighted by Crippen LogP contribution is 2.23. The van der Waals surface area contributed by atoms with Gasteiger partial charge in [0.25, 0.3) is 0 Å². The van der Waals surface area contributed by atoms with Gasteiger partial charge < -0.3 is 15.5 Å². The van der Waals surface area contributed by atoms with Crippen molar-refractivity contribution in [2.45, 2.75) is 33.2 Å². The third kappa shape index (κ3) is 5.20. The van der Waals surface area contributed by atoms with Gasteiger partial charge >= 0.3 is 0 Å². The fraction of sp³-hybridized carbons (Fsp3) is 0.381. The highest BCUT2D eigenvalue weighted by Gasteiger charge is 2.16. The van der Waals surface area contributed by atoms with Crippen LogP contribution in [0.15, 0.2) is 48.5 Å². The van der Waals surface area contributed by atoms with Crippen LogP contribution in [0.25, 0.3) is 0 Å². The Labute approximate surface area is 156 Å². The summed E-state index contributed by atoms with van der Waals surface area (Å²) >= 11 is 5.39. The van der Waals surface area contributed by atoms with Gasteiger partial charge in [-0.15, -0.1) is 0 Å². The fourth-order valence-corrected chi connectivity index (χ4v) is 3.52. The highest BCUT2D eigenvalue weighted by atomic mass is 32.1. The van der Waals surface area contributed by atoms with Crippen LogP contribution in [0.4, 0.5) is 11.4 Å². The van der Waals surface area contributed by atoms with E-state index in [1.807, 2.05) is 12.1 Å².